The molecule has 0 aliphatic carbocycles. The fourth-order valence-corrected chi connectivity index (χ4v) is 4.23. The Morgan fingerprint density at radius 3 is 2.38 bits per heavy atom. The zero-order valence-electron chi connectivity index (χ0n) is 22.8. The maximum absolute atomic E-state index is 12.6. The van der Waals surface area contributed by atoms with E-state index in [2.05, 4.69) is 63.5 Å². The van der Waals surface area contributed by atoms with E-state index in [-0.39, 0.29) is 11.4 Å². The van der Waals surface area contributed by atoms with Crippen molar-refractivity contribution in [3.63, 3.8) is 0 Å². The van der Waals surface area contributed by atoms with Gasteiger partial charge >= 0.3 is 0 Å². The summed E-state index contributed by atoms with van der Waals surface area (Å²) < 4.78 is 8.60. The van der Waals surface area contributed by atoms with Crippen molar-refractivity contribution in [1.29, 1.82) is 0 Å². The van der Waals surface area contributed by atoms with Crippen molar-refractivity contribution in [2.75, 3.05) is 17.7 Å². The van der Waals surface area contributed by atoms with E-state index in [9.17, 15) is 4.79 Å². The molecule has 0 radical (unpaired) electrons. The minimum Gasteiger partial charge on any atom is -0.497 e. The molecule has 0 atom stereocenters. The van der Waals surface area contributed by atoms with Crippen LogP contribution in [0.3, 0.4) is 0 Å². The van der Waals surface area contributed by atoms with Gasteiger partial charge in [-0.15, -0.1) is 0 Å². The van der Waals surface area contributed by atoms with Crippen LogP contribution in [0.2, 0.25) is 0 Å². The minimum absolute atomic E-state index is 0.0111. The summed E-state index contributed by atoms with van der Waals surface area (Å²) in [6.07, 6.45) is 1.78. The van der Waals surface area contributed by atoms with Crippen LogP contribution in [0.5, 0.6) is 5.75 Å². The minimum atomic E-state index is -0.145. The fraction of sp³-hybridized carbons (Fsp3) is 0.233. The highest BCUT2D eigenvalue weighted by Gasteiger charge is 2.11. The number of amides is 1. The molecular formula is C30H34N6O2S. The van der Waals surface area contributed by atoms with Crippen molar-refractivity contribution in [1.82, 2.24) is 20.0 Å². The zero-order chi connectivity index (χ0) is 27.8. The first-order chi connectivity index (χ1) is 18.7. The number of anilines is 4. The second kappa shape index (κ2) is 12.6. The molecule has 0 fully saturated rings. The van der Waals surface area contributed by atoms with Crippen LogP contribution in [-0.2, 0) is 6.54 Å². The summed E-state index contributed by atoms with van der Waals surface area (Å²) in [5.74, 6) is 1.81. The maximum Gasteiger partial charge on any atom is 0.251 e. The van der Waals surface area contributed by atoms with E-state index in [1.807, 2.05) is 55.5 Å². The van der Waals surface area contributed by atoms with Crippen molar-refractivity contribution in [2.45, 2.75) is 44.7 Å². The number of aromatic nitrogens is 2. The Morgan fingerprint density at radius 2 is 1.69 bits per heavy atom. The van der Waals surface area contributed by atoms with Crippen LogP contribution in [0, 0.1) is 6.92 Å². The molecule has 9 heteroatoms. The van der Waals surface area contributed by atoms with Gasteiger partial charge in [-0.05, 0) is 99.8 Å². The summed E-state index contributed by atoms with van der Waals surface area (Å²) in [5, 5.41) is 9.56. The van der Waals surface area contributed by atoms with E-state index in [1.54, 1.807) is 37.4 Å². The summed E-state index contributed by atoms with van der Waals surface area (Å²) in [7, 11) is 1.63. The van der Waals surface area contributed by atoms with Gasteiger partial charge in [-0.2, -0.15) is 4.98 Å². The molecule has 0 aliphatic heterocycles. The molecule has 0 unspecified atom stereocenters. The first-order valence-corrected chi connectivity index (χ1v) is 13.4. The number of aryl methyl sites for hydroxylation is 1. The van der Waals surface area contributed by atoms with Crippen molar-refractivity contribution < 1.29 is 9.53 Å². The number of hydrogen-bond donors (Lipinski definition) is 4. The maximum atomic E-state index is 12.6. The van der Waals surface area contributed by atoms with Gasteiger partial charge in [-0.3, -0.25) is 9.52 Å². The fourth-order valence-electron chi connectivity index (χ4n) is 3.48. The second-order valence-electron chi connectivity index (χ2n) is 10.1. The molecule has 8 nitrogen and oxygen atoms in total. The topological polar surface area (TPSA) is 100 Å². The highest BCUT2D eigenvalue weighted by Crippen LogP contribution is 2.25. The van der Waals surface area contributed by atoms with Crippen LogP contribution in [0.1, 0.15) is 42.3 Å². The highest BCUT2D eigenvalue weighted by molar-refractivity contribution is 7.97. The third-order valence-electron chi connectivity index (χ3n) is 5.56. The van der Waals surface area contributed by atoms with E-state index in [1.165, 1.54) is 0 Å². The predicted molar refractivity (Wildman–Crippen MR) is 159 cm³/mol. The summed E-state index contributed by atoms with van der Waals surface area (Å²) in [6, 6.07) is 23.0. The summed E-state index contributed by atoms with van der Waals surface area (Å²) in [6.45, 7) is 8.80. The van der Waals surface area contributed by atoms with Gasteiger partial charge in [-0.1, -0.05) is 18.2 Å². The van der Waals surface area contributed by atoms with Crippen molar-refractivity contribution in [2.24, 2.45) is 0 Å². The molecule has 1 amide bonds. The lowest BCUT2D eigenvalue weighted by Gasteiger charge is -2.19. The van der Waals surface area contributed by atoms with E-state index in [4.69, 9.17) is 4.74 Å². The van der Waals surface area contributed by atoms with Crippen molar-refractivity contribution in [3.8, 4) is 5.75 Å². The molecule has 1 aromatic heterocycles. The Labute approximate surface area is 234 Å². The van der Waals surface area contributed by atoms with Gasteiger partial charge in [0.1, 0.15) is 11.6 Å². The van der Waals surface area contributed by atoms with Gasteiger partial charge in [-0.25, -0.2) is 4.98 Å². The Balaban J connectivity index is 1.36. The van der Waals surface area contributed by atoms with Crippen molar-refractivity contribution >= 4 is 41.0 Å². The number of hydrogen-bond acceptors (Lipinski definition) is 8. The lowest BCUT2D eigenvalue weighted by Crippen LogP contribution is -2.29. The molecular weight excluding hydrogens is 508 g/mol. The molecule has 4 N–H and O–H groups in total. The van der Waals surface area contributed by atoms with Crippen LogP contribution >= 0.6 is 11.9 Å². The number of nitrogens with one attached hydrogen (secondary N) is 4. The average Bonchev–Trinajstić information content (AvgIpc) is 2.93. The Kier molecular flexibility index (Phi) is 9.06. The van der Waals surface area contributed by atoms with E-state index >= 15 is 0 Å². The molecule has 4 aromatic rings. The lowest BCUT2D eigenvalue weighted by atomic mass is 10.1. The third-order valence-corrected chi connectivity index (χ3v) is 6.76. The number of benzene rings is 3. The molecule has 0 aliphatic rings. The monoisotopic (exact) mass is 542 g/mol. The quantitative estimate of drug-likeness (QED) is 0.166. The Hall–Kier alpha value is -4.08. The van der Waals surface area contributed by atoms with Gasteiger partial charge < -0.3 is 20.7 Å². The summed E-state index contributed by atoms with van der Waals surface area (Å²) in [4.78, 5) is 22.8. The number of rotatable bonds is 10. The summed E-state index contributed by atoms with van der Waals surface area (Å²) >= 11 is 1.60. The van der Waals surface area contributed by atoms with Gasteiger partial charge in [0, 0.05) is 45.7 Å². The number of carbonyl (C=O) groups excluding carboxylic acids is 1. The van der Waals surface area contributed by atoms with Gasteiger partial charge in [0.15, 0.2) is 0 Å². The van der Waals surface area contributed by atoms with E-state index in [0.717, 1.165) is 33.1 Å². The zero-order valence-corrected chi connectivity index (χ0v) is 23.6. The normalized spacial score (nSPS) is 11.1. The van der Waals surface area contributed by atoms with Crippen molar-refractivity contribution in [3.05, 3.63) is 95.7 Å². The van der Waals surface area contributed by atoms with Crippen LogP contribution in [-0.4, -0.2) is 28.5 Å². The molecule has 39 heavy (non-hydrogen) atoms. The van der Waals surface area contributed by atoms with Crippen LogP contribution in [0.25, 0.3) is 0 Å². The molecule has 4 rings (SSSR count). The largest absolute Gasteiger partial charge is 0.497 e. The first-order valence-electron chi connectivity index (χ1n) is 12.6. The molecule has 202 valence electrons. The van der Waals surface area contributed by atoms with Crippen LogP contribution in [0.4, 0.5) is 23.1 Å². The molecule has 3 aromatic carbocycles. The van der Waals surface area contributed by atoms with Crippen LogP contribution in [0.15, 0.2) is 83.9 Å². The Morgan fingerprint density at radius 1 is 0.949 bits per heavy atom. The standard InChI is InChI=1S/C30H34N6O2S/c1-20-18-32-29(35-27(20)33-24-7-6-8-26(17-24)39-36-30(2,3)4)34-23-13-11-22(12-14-23)28(37)31-19-21-9-15-25(38-5)16-10-21/h6-18,36H,19H2,1-5H3,(H,31,37)(H2,32,33,34,35). The molecule has 0 spiro atoms. The molecule has 0 bridgehead atoms. The molecule has 0 saturated heterocycles. The van der Waals surface area contributed by atoms with E-state index in [0.29, 0.717) is 23.9 Å². The van der Waals surface area contributed by atoms with Gasteiger partial charge in [0.05, 0.1) is 7.11 Å². The third kappa shape index (κ3) is 8.46. The number of ether oxygens (including phenoxy) is 1. The predicted octanol–water partition coefficient (Wildman–Crippen LogP) is 6.61. The SMILES string of the molecule is COc1ccc(CNC(=O)c2ccc(Nc3ncc(C)c(Nc4cccc(SNC(C)(C)C)c4)n3)cc2)cc1. The average molecular weight is 543 g/mol. The number of nitrogens with zero attached hydrogens (tertiary/aromatic N) is 2. The smallest absolute Gasteiger partial charge is 0.251 e. The first kappa shape index (κ1) is 27.9. The van der Waals surface area contributed by atoms with Crippen LogP contribution < -0.4 is 25.4 Å². The molecule has 1 heterocycles. The van der Waals surface area contributed by atoms with E-state index < -0.39 is 0 Å². The van der Waals surface area contributed by atoms with Gasteiger partial charge in [0.2, 0.25) is 5.95 Å². The highest BCUT2D eigenvalue weighted by atomic mass is 32.2. The van der Waals surface area contributed by atoms with Gasteiger partial charge in [0.25, 0.3) is 5.91 Å². The molecule has 0 saturated carbocycles. The summed E-state index contributed by atoms with van der Waals surface area (Å²) in [5.41, 5.74) is 4.22. The second-order valence-corrected chi connectivity index (χ2v) is 10.9. The lowest BCUT2D eigenvalue weighted by molar-refractivity contribution is 0.0951. The number of methoxy groups -OCH3 is 1. The Bertz CT molecular complexity index is 1400. The number of carbonyl (C=O) groups is 1.